The van der Waals surface area contributed by atoms with E-state index in [4.69, 9.17) is 13.8 Å². The maximum Gasteiger partial charge on any atom is 0.240 e. The van der Waals surface area contributed by atoms with Gasteiger partial charge < -0.3 is 13.8 Å². The van der Waals surface area contributed by atoms with Crippen molar-refractivity contribution in [3.63, 3.8) is 0 Å². The van der Waals surface area contributed by atoms with Crippen LogP contribution in [0.25, 0.3) is 0 Å². The molecule has 3 rings (SSSR count). The summed E-state index contributed by atoms with van der Waals surface area (Å²) in [6.45, 7) is 7.45. The lowest BCUT2D eigenvalue weighted by Gasteiger charge is -2.19. The SMILES string of the molecule is CO[C@@H](C)c1noc(CN2CCCN(Cc3ccon3)CC2)n1. The van der Waals surface area contributed by atoms with E-state index in [-0.39, 0.29) is 6.10 Å². The minimum Gasteiger partial charge on any atom is -0.374 e. The van der Waals surface area contributed by atoms with Crippen molar-refractivity contribution in [2.75, 3.05) is 33.3 Å². The molecule has 3 heterocycles. The molecular weight excluding hydrogens is 298 g/mol. The molecule has 0 aliphatic carbocycles. The van der Waals surface area contributed by atoms with Crippen molar-refractivity contribution in [1.29, 1.82) is 0 Å². The molecule has 2 aromatic heterocycles. The predicted octanol–water partition coefficient (Wildman–Crippen LogP) is 1.47. The van der Waals surface area contributed by atoms with Crippen LogP contribution in [-0.4, -0.2) is 58.4 Å². The second kappa shape index (κ2) is 7.67. The van der Waals surface area contributed by atoms with Crippen LogP contribution in [0.5, 0.6) is 0 Å². The zero-order chi connectivity index (χ0) is 16.1. The Balaban J connectivity index is 1.51. The first-order valence-corrected chi connectivity index (χ1v) is 7.94. The summed E-state index contributed by atoms with van der Waals surface area (Å²) in [5.41, 5.74) is 0.980. The summed E-state index contributed by atoms with van der Waals surface area (Å²) in [6, 6.07) is 1.92. The normalized spacial score (nSPS) is 18.9. The van der Waals surface area contributed by atoms with E-state index in [1.165, 1.54) is 0 Å². The van der Waals surface area contributed by atoms with Crippen molar-refractivity contribution in [2.45, 2.75) is 32.5 Å². The third-order valence-electron chi connectivity index (χ3n) is 4.12. The molecule has 8 heteroatoms. The second-order valence-electron chi connectivity index (χ2n) is 5.82. The molecule has 0 saturated carbocycles. The van der Waals surface area contributed by atoms with Gasteiger partial charge in [-0.1, -0.05) is 10.3 Å². The number of ether oxygens (including phenoxy) is 1. The largest absolute Gasteiger partial charge is 0.374 e. The maximum atomic E-state index is 5.32. The van der Waals surface area contributed by atoms with E-state index >= 15 is 0 Å². The van der Waals surface area contributed by atoms with E-state index < -0.39 is 0 Å². The third kappa shape index (κ3) is 4.37. The van der Waals surface area contributed by atoms with Crippen molar-refractivity contribution in [3.05, 3.63) is 29.7 Å². The van der Waals surface area contributed by atoms with Gasteiger partial charge in [0.2, 0.25) is 5.89 Å². The summed E-state index contributed by atoms with van der Waals surface area (Å²) in [7, 11) is 1.64. The first-order valence-electron chi connectivity index (χ1n) is 7.94. The zero-order valence-corrected chi connectivity index (χ0v) is 13.6. The van der Waals surface area contributed by atoms with Gasteiger partial charge in [0, 0.05) is 32.8 Å². The molecule has 0 amide bonds. The molecule has 0 radical (unpaired) electrons. The predicted molar refractivity (Wildman–Crippen MR) is 81.4 cm³/mol. The van der Waals surface area contributed by atoms with Gasteiger partial charge in [-0.2, -0.15) is 4.98 Å². The Kier molecular flexibility index (Phi) is 5.37. The highest BCUT2D eigenvalue weighted by molar-refractivity contribution is 4.95. The number of methoxy groups -OCH3 is 1. The second-order valence-corrected chi connectivity index (χ2v) is 5.82. The average Bonchev–Trinajstić information content (AvgIpc) is 3.18. The van der Waals surface area contributed by atoms with E-state index in [0.717, 1.165) is 44.8 Å². The monoisotopic (exact) mass is 321 g/mol. The topological polar surface area (TPSA) is 80.7 Å². The smallest absolute Gasteiger partial charge is 0.240 e. The molecule has 1 aliphatic heterocycles. The van der Waals surface area contributed by atoms with Gasteiger partial charge in [0.05, 0.1) is 12.2 Å². The van der Waals surface area contributed by atoms with Crippen LogP contribution in [0, 0.1) is 0 Å². The number of rotatable bonds is 6. The number of hydrogen-bond donors (Lipinski definition) is 0. The van der Waals surface area contributed by atoms with E-state index in [1.54, 1.807) is 13.4 Å². The van der Waals surface area contributed by atoms with Gasteiger partial charge in [-0.25, -0.2) is 0 Å². The number of hydrogen-bond acceptors (Lipinski definition) is 8. The fourth-order valence-electron chi connectivity index (χ4n) is 2.68. The summed E-state index contributed by atoms with van der Waals surface area (Å²) in [6.07, 6.45) is 2.58. The van der Waals surface area contributed by atoms with Crippen molar-refractivity contribution in [2.24, 2.45) is 0 Å². The first kappa shape index (κ1) is 16.1. The van der Waals surface area contributed by atoms with Crippen molar-refractivity contribution in [3.8, 4) is 0 Å². The van der Waals surface area contributed by atoms with Crippen LogP contribution >= 0.6 is 0 Å². The molecule has 8 nitrogen and oxygen atoms in total. The van der Waals surface area contributed by atoms with Gasteiger partial charge in [-0.3, -0.25) is 9.80 Å². The quantitative estimate of drug-likeness (QED) is 0.791. The molecule has 126 valence electrons. The van der Waals surface area contributed by atoms with Gasteiger partial charge in [-0.05, 0) is 26.4 Å². The molecule has 1 aliphatic rings. The van der Waals surface area contributed by atoms with E-state index in [9.17, 15) is 0 Å². The Morgan fingerprint density at radius 1 is 1.17 bits per heavy atom. The highest BCUT2D eigenvalue weighted by Gasteiger charge is 2.19. The van der Waals surface area contributed by atoms with Crippen LogP contribution in [-0.2, 0) is 17.8 Å². The summed E-state index contributed by atoms with van der Waals surface area (Å²) in [4.78, 5) is 9.14. The van der Waals surface area contributed by atoms with Crippen LogP contribution < -0.4 is 0 Å². The molecule has 0 aromatic carbocycles. The molecule has 0 spiro atoms. The van der Waals surface area contributed by atoms with Gasteiger partial charge in [0.15, 0.2) is 5.82 Å². The van der Waals surface area contributed by atoms with Crippen LogP contribution in [0.4, 0.5) is 0 Å². The summed E-state index contributed by atoms with van der Waals surface area (Å²) in [5, 5.41) is 7.95. The van der Waals surface area contributed by atoms with E-state index in [0.29, 0.717) is 18.3 Å². The standard InChI is InChI=1S/C15H23N5O3/c1-12(21-2)15-16-14(23-18-15)11-20-6-3-5-19(7-8-20)10-13-4-9-22-17-13/h4,9,12H,3,5-8,10-11H2,1-2H3/t12-/m0/s1. The minimum atomic E-state index is -0.144. The van der Waals surface area contributed by atoms with E-state index in [2.05, 4.69) is 25.1 Å². The third-order valence-corrected chi connectivity index (χ3v) is 4.12. The van der Waals surface area contributed by atoms with Crippen molar-refractivity contribution >= 4 is 0 Å². The Hall–Kier alpha value is -1.77. The Morgan fingerprint density at radius 2 is 1.96 bits per heavy atom. The fraction of sp³-hybridized carbons (Fsp3) is 0.667. The Morgan fingerprint density at radius 3 is 2.65 bits per heavy atom. The molecule has 23 heavy (non-hydrogen) atoms. The van der Waals surface area contributed by atoms with Gasteiger partial charge in [0.1, 0.15) is 12.4 Å². The Labute approximate surface area is 135 Å². The van der Waals surface area contributed by atoms with Crippen LogP contribution in [0.3, 0.4) is 0 Å². The highest BCUT2D eigenvalue weighted by atomic mass is 16.5. The fourth-order valence-corrected chi connectivity index (χ4v) is 2.68. The number of aromatic nitrogens is 3. The zero-order valence-electron chi connectivity index (χ0n) is 13.6. The molecule has 0 unspecified atom stereocenters. The molecule has 0 bridgehead atoms. The molecular formula is C15H23N5O3. The maximum absolute atomic E-state index is 5.32. The van der Waals surface area contributed by atoms with Crippen LogP contribution in [0.15, 0.2) is 21.4 Å². The lowest BCUT2D eigenvalue weighted by Crippen LogP contribution is -2.30. The summed E-state index contributed by atoms with van der Waals surface area (Å²) < 4.78 is 15.4. The number of nitrogens with zero attached hydrogens (tertiary/aromatic N) is 5. The van der Waals surface area contributed by atoms with Crippen molar-refractivity contribution < 1.29 is 13.8 Å². The van der Waals surface area contributed by atoms with Gasteiger partial charge >= 0.3 is 0 Å². The molecule has 1 saturated heterocycles. The lowest BCUT2D eigenvalue weighted by atomic mass is 10.3. The van der Waals surface area contributed by atoms with Gasteiger partial charge in [0.25, 0.3) is 0 Å². The molecule has 0 N–H and O–H groups in total. The summed E-state index contributed by atoms with van der Waals surface area (Å²) >= 11 is 0. The first-order chi connectivity index (χ1) is 11.2. The Bertz CT molecular complexity index is 586. The molecule has 2 aromatic rings. The summed E-state index contributed by atoms with van der Waals surface area (Å²) in [5.74, 6) is 1.25. The molecule has 1 atom stereocenters. The lowest BCUT2D eigenvalue weighted by molar-refractivity contribution is 0.109. The van der Waals surface area contributed by atoms with E-state index in [1.807, 2.05) is 13.0 Å². The van der Waals surface area contributed by atoms with Crippen LogP contribution in [0.1, 0.15) is 36.9 Å². The minimum absolute atomic E-state index is 0.144. The van der Waals surface area contributed by atoms with Gasteiger partial charge in [-0.15, -0.1) is 0 Å². The average molecular weight is 321 g/mol. The highest BCUT2D eigenvalue weighted by Crippen LogP contribution is 2.14. The van der Waals surface area contributed by atoms with Crippen LogP contribution in [0.2, 0.25) is 0 Å². The van der Waals surface area contributed by atoms with Crippen molar-refractivity contribution in [1.82, 2.24) is 25.1 Å². The molecule has 1 fully saturated rings.